The largest absolute Gasteiger partial charge is 0.715 e. The number of aliphatic hydroxyl groups excluding tert-OH is 1. The van der Waals surface area contributed by atoms with E-state index in [0.29, 0.717) is 18.0 Å². The van der Waals surface area contributed by atoms with Gasteiger partial charge in [-0.25, -0.2) is 0 Å². The molecule has 70 valence electrons. The van der Waals surface area contributed by atoms with E-state index >= 15 is 0 Å². The summed E-state index contributed by atoms with van der Waals surface area (Å²) in [5.74, 6) is 0. The van der Waals surface area contributed by atoms with E-state index in [-0.39, 0.29) is 6.67 Å². The van der Waals surface area contributed by atoms with Crippen LogP contribution in [0.2, 0.25) is 0 Å². The van der Waals surface area contributed by atoms with Gasteiger partial charge in [0, 0.05) is 0 Å². The van der Waals surface area contributed by atoms with Gasteiger partial charge in [-0.05, 0) is 6.92 Å². The molecule has 0 bridgehead atoms. The summed E-state index contributed by atoms with van der Waals surface area (Å²) in [6.45, 7) is 2.92. The van der Waals surface area contributed by atoms with Gasteiger partial charge < -0.3 is 15.4 Å². The highest BCUT2D eigenvalue weighted by Gasteiger charge is 2.23. The highest BCUT2D eigenvalue weighted by molar-refractivity contribution is 5.49. The monoisotopic (exact) mass is 175 g/mol. The molecule has 0 unspecified atom stereocenters. The molecule has 0 aliphatic carbocycles. The van der Waals surface area contributed by atoms with E-state index in [1.807, 2.05) is 6.92 Å². The van der Waals surface area contributed by atoms with Crippen molar-refractivity contribution in [1.29, 1.82) is 0 Å². The lowest BCUT2D eigenvalue weighted by Crippen LogP contribution is -2.51. The minimum Gasteiger partial charge on any atom is -0.715 e. The molecule has 1 heterocycles. The molecule has 0 aromatic heterocycles. The van der Waals surface area contributed by atoms with Gasteiger partial charge >= 0.3 is 0 Å². The number of hydrogen-bond acceptors (Lipinski definition) is 5. The Hall–Kier alpha value is -0.850. The SMILES string of the molecule is CCN1C=[N+]([O-])CN(C(O)O)C1. The molecule has 1 rings (SSSR count). The third-order valence-corrected chi connectivity index (χ3v) is 1.71. The second-order valence-corrected chi connectivity index (χ2v) is 2.66. The molecule has 6 nitrogen and oxygen atoms in total. The molecule has 0 amide bonds. The fraction of sp³-hybridized carbons (Fsp3) is 0.833. The fourth-order valence-electron chi connectivity index (χ4n) is 1.04. The van der Waals surface area contributed by atoms with Gasteiger partial charge in [-0.15, -0.1) is 0 Å². The van der Waals surface area contributed by atoms with Gasteiger partial charge in [-0.2, -0.15) is 4.90 Å². The topological polar surface area (TPSA) is 73.0 Å². The van der Waals surface area contributed by atoms with Crippen LogP contribution in [0.25, 0.3) is 0 Å². The Bertz CT molecular complexity index is 183. The maximum Gasteiger partial charge on any atom is 0.239 e. The minimum atomic E-state index is -1.57. The van der Waals surface area contributed by atoms with Gasteiger partial charge in [0.1, 0.15) is 13.3 Å². The van der Waals surface area contributed by atoms with E-state index in [1.165, 1.54) is 11.2 Å². The average Bonchev–Trinajstić information content (AvgIpc) is 2.03. The van der Waals surface area contributed by atoms with Gasteiger partial charge in [-0.1, -0.05) is 0 Å². The molecule has 12 heavy (non-hydrogen) atoms. The molecular formula is C6H13N3O3. The van der Waals surface area contributed by atoms with E-state index in [1.54, 1.807) is 4.90 Å². The second-order valence-electron chi connectivity index (χ2n) is 2.66. The van der Waals surface area contributed by atoms with Crippen molar-refractivity contribution in [2.24, 2.45) is 0 Å². The molecule has 0 saturated heterocycles. The lowest BCUT2D eigenvalue weighted by atomic mass is 10.5. The molecule has 1 aliphatic rings. The van der Waals surface area contributed by atoms with Crippen LogP contribution in [-0.4, -0.2) is 57.4 Å². The number of hydrogen-bond donors (Lipinski definition) is 2. The molecule has 1 aliphatic heterocycles. The summed E-state index contributed by atoms with van der Waals surface area (Å²) < 4.78 is 0.659. The lowest BCUT2D eigenvalue weighted by Gasteiger charge is -2.31. The molecule has 6 heteroatoms. The Morgan fingerprint density at radius 3 is 2.83 bits per heavy atom. The molecule has 0 saturated carbocycles. The number of rotatable bonds is 2. The van der Waals surface area contributed by atoms with Crippen LogP contribution in [0.5, 0.6) is 0 Å². The summed E-state index contributed by atoms with van der Waals surface area (Å²) in [6, 6.07) is 0. The van der Waals surface area contributed by atoms with E-state index in [4.69, 9.17) is 10.2 Å². The van der Waals surface area contributed by atoms with Crippen molar-refractivity contribution in [3.8, 4) is 0 Å². The van der Waals surface area contributed by atoms with Crippen LogP contribution in [0.1, 0.15) is 6.92 Å². The summed E-state index contributed by atoms with van der Waals surface area (Å²) in [5.41, 5.74) is 0. The zero-order valence-electron chi connectivity index (χ0n) is 6.92. The Labute approximate surface area is 70.5 Å². The van der Waals surface area contributed by atoms with Crippen LogP contribution in [0, 0.1) is 5.21 Å². The van der Waals surface area contributed by atoms with Crippen molar-refractivity contribution in [1.82, 2.24) is 9.80 Å². The fourth-order valence-corrected chi connectivity index (χ4v) is 1.04. The molecule has 2 N–H and O–H groups in total. The van der Waals surface area contributed by atoms with E-state index < -0.39 is 6.41 Å². The summed E-state index contributed by atoms with van der Waals surface area (Å²) >= 11 is 0. The highest BCUT2D eigenvalue weighted by Crippen LogP contribution is 2.00. The van der Waals surface area contributed by atoms with Crippen molar-refractivity contribution in [3.05, 3.63) is 5.21 Å². The van der Waals surface area contributed by atoms with Crippen LogP contribution in [-0.2, 0) is 0 Å². The molecule has 0 radical (unpaired) electrons. The van der Waals surface area contributed by atoms with Gasteiger partial charge in [0.05, 0.1) is 6.54 Å². The third-order valence-electron chi connectivity index (χ3n) is 1.71. The lowest BCUT2D eigenvalue weighted by molar-refractivity contribution is -0.506. The van der Waals surface area contributed by atoms with Crippen molar-refractivity contribution in [2.45, 2.75) is 13.3 Å². The van der Waals surface area contributed by atoms with Gasteiger partial charge in [0.15, 0.2) is 0 Å². The van der Waals surface area contributed by atoms with Crippen molar-refractivity contribution in [2.75, 3.05) is 19.9 Å². The molecule has 0 spiro atoms. The predicted octanol–water partition coefficient (Wildman–Crippen LogP) is -1.65. The maximum absolute atomic E-state index is 10.9. The first-order chi connectivity index (χ1) is 5.63. The zero-order chi connectivity index (χ0) is 9.14. The summed E-state index contributed by atoms with van der Waals surface area (Å²) in [4.78, 5) is 2.94. The molecule has 0 aromatic rings. The first kappa shape index (κ1) is 9.24. The quantitative estimate of drug-likeness (QED) is 0.299. The van der Waals surface area contributed by atoms with Crippen LogP contribution in [0.4, 0.5) is 0 Å². The van der Waals surface area contributed by atoms with Crippen molar-refractivity contribution >= 4 is 6.34 Å². The van der Waals surface area contributed by atoms with Gasteiger partial charge in [0.2, 0.25) is 12.8 Å². The third kappa shape index (κ3) is 2.07. The molecule has 0 atom stereocenters. The van der Waals surface area contributed by atoms with Gasteiger partial charge in [0.25, 0.3) is 0 Å². The molecule has 0 aromatic carbocycles. The summed E-state index contributed by atoms with van der Waals surface area (Å²) in [6.07, 6.45) is -0.150. The Morgan fingerprint density at radius 1 is 1.67 bits per heavy atom. The van der Waals surface area contributed by atoms with E-state index in [2.05, 4.69) is 0 Å². The maximum atomic E-state index is 10.9. The highest BCUT2D eigenvalue weighted by atomic mass is 16.5. The van der Waals surface area contributed by atoms with E-state index in [9.17, 15) is 5.21 Å². The van der Waals surface area contributed by atoms with E-state index in [0.717, 1.165) is 0 Å². The van der Waals surface area contributed by atoms with Crippen LogP contribution in [0.3, 0.4) is 0 Å². The van der Waals surface area contributed by atoms with Gasteiger partial charge in [-0.3, -0.25) is 9.64 Å². The van der Waals surface area contributed by atoms with Crippen LogP contribution >= 0.6 is 0 Å². The first-order valence-electron chi connectivity index (χ1n) is 3.76. The van der Waals surface area contributed by atoms with Crippen molar-refractivity contribution in [3.63, 3.8) is 0 Å². The summed E-state index contributed by atoms with van der Waals surface area (Å²) in [5, 5.41) is 28.5. The summed E-state index contributed by atoms with van der Waals surface area (Å²) in [7, 11) is 0. The number of nitrogens with zero attached hydrogens (tertiary/aromatic N) is 3. The molecule has 0 fully saturated rings. The standard InChI is InChI=1S/C6H13N3O3/c1-2-7-3-8(6(10)11)5-9(12)4-7/h4,6,10-11H,2-3,5H2,1H3. The van der Waals surface area contributed by atoms with Crippen LogP contribution in [0.15, 0.2) is 0 Å². The number of aliphatic hydroxyl groups is 2. The predicted molar refractivity (Wildman–Crippen MR) is 41.9 cm³/mol. The Balaban J connectivity index is 2.58. The first-order valence-corrected chi connectivity index (χ1v) is 3.76. The van der Waals surface area contributed by atoms with Crippen molar-refractivity contribution < 1.29 is 15.0 Å². The number of hydroxylamine groups is 1. The molecular weight excluding hydrogens is 162 g/mol. The zero-order valence-corrected chi connectivity index (χ0v) is 6.92. The second kappa shape index (κ2) is 3.70. The normalized spacial score (nSPS) is 20.0. The average molecular weight is 175 g/mol. The Morgan fingerprint density at radius 2 is 2.33 bits per heavy atom. The van der Waals surface area contributed by atoms with Crippen LogP contribution < -0.4 is 0 Å². The minimum absolute atomic E-state index is 0.00579. The smallest absolute Gasteiger partial charge is 0.239 e. The Kier molecular flexibility index (Phi) is 2.85.